The minimum absolute atomic E-state index is 0.184. The topological polar surface area (TPSA) is 133 Å². The average Bonchev–Trinajstić information content (AvgIpc) is 4.02. The highest BCUT2D eigenvalue weighted by Gasteiger charge is 2.18. The van der Waals surface area contributed by atoms with E-state index in [1.807, 2.05) is 48.5 Å². The number of nitrogens with one attached hydrogen (secondary N) is 4. The third-order valence-electron chi connectivity index (χ3n) is 9.75. The molecular formula is C45H34N4O4. The van der Waals surface area contributed by atoms with Crippen molar-refractivity contribution in [2.45, 2.75) is 0 Å². The van der Waals surface area contributed by atoms with Gasteiger partial charge in [0, 0.05) is 66.5 Å². The monoisotopic (exact) mass is 694 g/mol. The van der Waals surface area contributed by atoms with Crippen LogP contribution in [0.5, 0.6) is 23.0 Å². The molecule has 4 aromatic carbocycles. The summed E-state index contributed by atoms with van der Waals surface area (Å²) in [6, 6.07) is 46.3. The van der Waals surface area contributed by atoms with Crippen LogP contribution in [0, 0.1) is 0 Å². The first-order valence-electron chi connectivity index (χ1n) is 17.2. The molecule has 0 atom stereocenters. The summed E-state index contributed by atoms with van der Waals surface area (Å²) in [5, 5.41) is 34.1. The zero-order valence-electron chi connectivity index (χ0n) is 28.6. The van der Waals surface area contributed by atoms with Crippen LogP contribution in [0.2, 0.25) is 0 Å². The minimum Gasteiger partial charge on any atom is -0.508 e. The smallest absolute Gasteiger partial charge is 0.118 e. The van der Waals surface area contributed by atoms with Gasteiger partial charge in [0.05, 0.1) is 7.11 Å². The minimum atomic E-state index is 0.184. The molecule has 0 amide bonds. The lowest BCUT2D eigenvalue weighted by Gasteiger charge is -2.10. The Bertz CT molecular complexity index is 2870. The summed E-state index contributed by atoms with van der Waals surface area (Å²) in [5.74, 6) is 1.33. The Balaban J connectivity index is 1.42. The zero-order chi connectivity index (χ0) is 36.1. The molecule has 258 valence electrons. The number of phenolic OH excluding ortho intramolecular Hbond substituents is 3. The second-order valence-corrected chi connectivity index (χ2v) is 13.0. The molecule has 0 radical (unpaired) electrons. The van der Waals surface area contributed by atoms with Gasteiger partial charge >= 0.3 is 0 Å². The van der Waals surface area contributed by atoms with E-state index in [2.05, 4.69) is 80.6 Å². The summed E-state index contributed by atoms with van der Waals surface area (Å²) in [6.07, 6.45) is 0. The van der Waals surface area contributed by atoms with Crippen LogP contribution in [0.1, 0.15) is 45.0 Å². The lowest BCUT2D eigenvalue weighted by molar-refractivity contribution is 0.415. The Hall–Kier alpha value is -7.32. The molecule has 9 rings (SSSR count). The number of rotatable bonds is 5. The van der Waals surface area contributed by atoms with Crippen LogP contribution in [0.15, 0.2) is 146 Å². The molecule has 1 aliphatic rings. The normalized spacial score (nSPS) is 12.7. The molecule has 8 heteroatoms. The van der Waals surface area contributed by atoms with Gasteiger partial charge in [-0.05, 0) is 119 Å². The molecular weight excluding hydrogens is 661 g/mol. The zero-order valence-corrected chi connectivity index (χ0v) is 28.6. The van der Waals surface area contributed by atoms with Crippen LogP contribution in [-0.2, 0) is 0 Å². The first-order valence-corrected chi connectivity index (χ1v) is 17.2. The second-order valence-electron chi connectivity index (χ2n) is 13.0. The molecule has 0 unspecified atom stereocenters. The van der Waals surface area contributed by atoms with Crippen LogP contribution < -0.4 is 26.1 Å². The molecule has 0 spiro atoms. The predicted molar refractivity (Wildman–Crippen MR) is 205 cm³/mol. The molecule has 1 aliphatic heterocycles. The molecule has 8 nitrogen and oxygen atoms in total. The standard InChI is InChI=1S/C45H34N4O4/c1-53-33-16-8-29(9-17-33)45-40-24-22-38(48-40)43(27-4-12-31(51)13-5-27)36-20-18-34(46-36)42(26-2-10-30(50)11-3-26)35-19-21-37(47-35)44(39-23-25-41(45)49-39)28-6-14-32(52)15-7-28/h2-25,46-52H,1H3. The van der Waals surface area contributed by atoms with Crippen molar-refractivity contribution in [3.05, 3.63) is 212 Å². The molecule has 0 fully saturated rings. The third-order valence-corrected chi connectivity index (χ3v) is 9.75. The molecule has 7 N–H and O–H groups in total. The molecule has 53 heavy (non-hydrogen) atoms. The Morgan fingerprint density at radius 1 is 0.321 bits per heavy atom. The van der Waals surface area contributed by atoms with Crippen LogP contribution in [0.3, 0.4) is 0 Å². The summed E-state index contributed by atoms with van der Waals surface area (Å²) in [6.45, 7) is 0. The number of methoxy groups -OCH3 is 1. The van der Waals surface area contributed by atoms with Crippen LogP contribution in [0.25, 0.3) is 22.3 Å². The number of ether oxygens (including phenoxy) is 1. The van der Waals surface area contributed by atoms with Crippen molar-refractivity contribution in [2.24, 2.45) is 0 Å². The van der Waals surface area contributed by atoms with Gasteiger partial charge in [0.25, 0.3) is 0 Å². The van der Waals surface area contributed by atoms with Crippen molar-refractivity contribution in [1.82, 2.24) is 19.9 Å². The van der Waals surface area contributed by atoms with Gasteiger partial charge in [-0.2, -0.15) is 0 Å². The maximum Gasteiger partial charge on any atom is 0.118 e. The van der Waals surface area contributed by atoms with Crippen molar-refractivity contribution >= 4 is 22.3 Å². The van der Waals surface area contributed by atoms with Gasteiger partial charge in [-0.15, -0.1) is 0 Å². The number of fused-ring (bicyclic) bond motifs is 8. The van der Waals surface area contributed by atoms with E-state index in [-0.39, 0.29) is 17.2 Å². The van der Waals surface area contributed by atoms with Crippen LogP contribution in [-0.4, -0.2) is 42.4 Å². The Labute approximate surface area is 303 Å². The van der Waals surface area contributed by atoms with Crippen molar-refractivity contribution in [2.75, 3.05) is 7.11 Å². The number of aromatic nitrogens is 4. The van der Waals surface area contributed by atoms with Crippen LogP contribution in [0.4, 0.5) is 0 Å². The molecule has 8 bridgehead atoms. The number of aromatic amines is 4. The predicted octanol–water partition coefficient (Wildman–Crippen LogP) is 5.43. The number of hydrogen-bond acceptors (Lipinski definition) is 4. The molecule has 0 aliphatic carbocycles. The number of phenols is 3. The number of hydrogen-bond donors (Lipinski definition) is 7. The summed E-state index contributed by atoms with van der Waals surface area (Å²) in [4.78, 5) is 14.9. The van der Waals surface area contributed by atoms with Gasteiger partial charge in [0.15, 0.2) is 0 Å². The van der Waals surface area contributed by atoms with Gasteiger partial charge in [-0.25, -0.2) is 0 Å². The lowest BCUT2D eigenvalue weighted by atomic mass is 10.0. The summed E-state index contributed by atoms with van der Waals surface area (Å²) in [7, 11) is 1.66. The first-order chi connectivity index (χ1) is 25.9. The Morgan fingerprint density at radius 2 is 0.585 bits per heavy atom. The van der Waals surface area contributed by atoms with Gasteiger partial charge in [0.1, 0.15) is 23.0 Å². The molecule has 5 heterocycles. The van der Waals surface area contributed by atoms with E-state index in [1.165, 1.54) is 0 Å². The molecule has 4 aromatic heterocycles. The van der Waals surface area contributed by atoms with E-state index in [1.54, 1.807) is 43.5 Å². The fourth-order valence-corrected chi connectivity index (χ4v) is 7.21. The second kappa shape index (κ2) is 12.8. The SMILES string of the molecule is COc1ccc(C2=c3ccc([nH]3)=C(c3ccc(O)cc3)c3ccc([nH]3)C(c3ccc(O)cc3)=c3ccc([nH]3)=C(c3ccc(O)cc3)c3ccc2[nH]3)cc1. The highest BCUT2D eigenvalue weighted by atomic mass is 16.5. The summed E-state index contributed by atoms with van der Waals surface area (Å²) < 4.78 is 5.50. The Morgan fingerprint density at radius 3 is 0.849 bits per heavy atom. The number of benzene rings is 4. The number of aromatic hydroxyl groups is 3. The quantitative estimate of drug-likeness (QED) is 0.130. The van der Waals surface area contributed by atoms with E-state index in [0.717, 1.165) is 94.5 Å². The van der Waals surface area contributed by atoms with Gasteiger partial charge in [-0.1, -0.05) is 48.5 Å². The lowest BCUT2D eigenvalue weighted by Crippen LogP contribution is -2.19. The first kappa shape index (κ1) is 31.6. The van der Waals surface area contributed by atoms with Gasteiger partial charge < -0.3 is 40.0 Å². The van der Waals surface area contributed by atoms with Crippen molar-refractivity contribution in [1.29, 1.82) is 0 Å². The molecule has 8 aromatic rings. The number of H-pyrrole nitrogens is 4. The third kappa shape index (κ3) is 5.78. The van der Waals surface area contributed by atoms with E-state index in [9.17, 15) is 15.3 Å². The molecule has 0 saturated carbocycles. The van der Waals surface area contributed by atoms with E-state index >= 15 is 0 Å². The highest BCUT2D eigenvalue weighted by molar-refractivity contribution is 5.85. The van der Waals surface area contributed by atoms with Crippen molar-refractivity contribution in [3.8, 4) is 23.0 Å². The van der Waals surface area contributed by atoms with Crippen LogP contribution >= 0.6 is 0 Å². The maximum atomic E-state index is 10.2. The fourth-order valence-electron chi connectivity index (χ4n) is 7.21. The van der Waals surface area contributed by atoms with Gasteiger partial charge in [-0.3, -0.25) is 0 Å². The average molecular weight is 695 g/mol. The maximum absolute atomic E-state index is 10.2. The fraction of sp³-hybridized carbons (Fsp3) is 0.0222. The Kier molecular flexibility index (Phi) is 7.63. The van der Waals surface area contributed by atoms with E-state index < -0.39 is 0 Å². The summed E-state index contributed by atoms with van der Waals surface area (Å²) in [5.41, 5.74) is 11.0. The van der Waals surface area contributed by atoms with E-state index in [0.29, 0.717) is 0 Å². The highest BCUT2D eigenvalue weighted by Crippen LogP contribution is 2.29. The molecule has 0 saturated heterocycles. The van der Waals surface area contributed by atoms with E-state index in [4.69, 9.17) is 4.74 Å². The van der Waals surface area contributed by atoms with Gasteiger partial charge in [0.2, 0.25) is 0 Å². The van der Waals surface area contributed by atoms with Crippen molar-refractivity contribution in [3.63, 3.8) is 0 Å². The largest absolute Gasteiger partial charge is 0.508 e. The summed E-state index contributed by atoms with van der Waals surface area (Å²) >= 11 is 0. The van der Waals surface area contributed by atoms with Crippen molar-refractivity contribution < 1.29 is 20.1 Å².